The zero-order valence-electron chi connectivity index (χ0n) is 14.9. The summed E-state index contributed by atoms with van der Waals surface area (Å²) in [6.07, 6.45) is -0.567. The van der Waals surface area contributed by atoms with Crippen molar-refractivity contribution in [3.63, 3.8) is 0 Å². The number of hydrogen-bond donors (Lipinski definition) is 4. The second kappa shape index (κ2) is 7.98. The van der Waals surface area contributed by atoms with E-state index >= 15 is 0 Å². The van der Waals surface area contributed by atoms with Crippen LogP contribution in [0.5, 0.6) is 0 Å². The van der Waals surface area contributed by atoms with E-state index < -0.39 is 27.9 Å². The molecular weight excluding hydrogens is 427 g/mol. The molecule has 2 aromatic heterocycles. The molecule has 30 heavy (non-hydrogen) atoms. The van der Waals surface area contributed by atoms with Crippen molar-refractivity contribution in [1.29, 1.82) is 0 Å². The summed E-state index contributed by atoms with van der Waals surface area (Å²) >= 11 is 0. The van der Waals surface area contributed by atoms with Gasteiger partial charge in [0, 0.05) is 23.6 Å². The fourth-order valence-corrected chi connectivity index (χ4v) is 3.50. The Balaban J connectivity index is 1.85. The van der Waals surface area contributed by atoms with Crippen molar-refractivity contribution >= 4 is 33.3 Å². The summed E-state index contributed by atoms with van der Waals surface area (Å²) in [7, 11) is -4.62. The maximum absolute atomic E-state index is 12.3. The zero-order valence-corrected chi connectivity index (χ0v) is 15.8. The van der Waals surface area contributed by atoms with Gasteiger partial charge in [0.1, 0.15) is 22.9 Å². The molecule has 3 aromatic rings. The zero-order chi connectivity index (χ0) is 21.9. The van der Waals surface area contributed by atoms with Gasteiger partial charge in [-0.3, -0.25) is 19.6 Å². The number of H-pyrrole nitrogens is 1. The number of carbonyl (C=O) groups excluding carboxylic acids is 1. The van der Waals surface area contributed by atoms with E-state index in [4.69, 9.17) is 5.73 Å². The first-order chi connectivity index (χ1) is 14.0. The number of aromatic amines is 1. The largest absolute Gasteiger partial charge is 0.404 e. The van der Waals surface area contributed by atoms with Crippen LogP contribution in [0.25, 0.3) is 11.3 Å². The van der Waals surface area contributed by atoms with Crippen LogP contribution in [0.1, 0.15) is 10.4 Å². The summed E-state index contributed by atoms with van der Waals surface area (Å²) in [5.74, 6) is -2.33. The van der Waals surface area contributed by atoms with Gasteiger partial charge in [-0.1, -0.05) is 12.1 Å². The number of sulfonamides is 1. The van der Waals surface area contributed by atoms with Crippen molar-refractivity contribution in [3.05, 3.63) is 48.4 Å². The number of alkyl halides is 3. The van der Waals surface area contributed by atoms with Crippen molar-refractivity contribution in [1.82, 2.24) is 20.2 Å². The van der Waals surface area contributed by atoms with Gasteiger partial charge in [-0.05, 0) is 12.1 Å². The lowest BCUT2D eigenvalue weighted by molar-refractivity contribution is -0.106. The van der Waals surface area contributed by atoms with Crippen LogP contribution in [0.15, 0.2) is 42.9 Å². The molecule has 0 bridgehead atoms. The SMILES string of the molecule is NC(=O)c1c(-c2ccc(NS(=O)(=O)CC(F)(F)F)cc2)n[nH]c1Nc1cnccn1. The van der Waals surface area contributed by atoms with Gasteiger partial charge in [0.15, 0.2) is 5.75 Å². The average molecular weight is 441 g/mol. The number of carbonyl (C=O) groups is 1. The first-order valence-electron chi connectivity index (χ1n) is 8.13. The van der Waals surface area contributed by atoms with Crippen LogP contribution in [0.4, 0.5) is 30.5 Å². The molecule has 0 fully saturated rings. The first-order valence-corrected chi connectivity index (χ1v) is 9.78. The van der Waals surface area contributed by atoms with E-state index in [9.17, 15) is 26.4 Å². The molecule has 0 aliphatic rings. The van der Waals surface area contributed by atoms with Gasteiger partial charge in [0.05, 0.1) is 6.20 Å². The lowest BCUT2D eigenvalue weighted by Crippen LogP contribution is -2.27. The molecule has 10 nitrogen and oxygen atoms in total. The number of nitrogens with zero attached hydrogens (tertiary/aromatic N) is 3. The monoisotopic (exact) mass is 441 g/mol. The van der Waals surface area contributed by atoms with Crippen molar-refractivity contribution < 1.29 is 26.4 Å². The molecule has 0 saturated carbocycles. The third kappa shape index (κ3) is 5.22. The summed E-state index contributed by atoms with van der Waals surface area (Å²) in [5, 5.41) is 9.47. The van der Waals surface area contributed by atoms with Crippen LogP contribution in [-0.4, -0.2) is 46.4 Å². The van der Waals surface area contributed by atoms with Crippen LogP contribution < -0.4 is 15.8 Å². The highest BCUT2D eigenvalue weighted by Crippen LogP contribution is 2.29. The Labute approximate surface area is 167 Å². The van der Waals surface area contributed by atoms with Crippen molar-refractivity contribution in [2.24, 2.45) is 5.73 Å². The van der Waals surface area contributed by atoms with Crippen LogP contribution in [0.3, 0.4) is 0 Å². The highest BCUT2D eigenvalue weighted by Gasteiger charge is 2.35. The highest BCUT2D eigenvalue weighted by atomic mass is 32.2. The lowest BCUT2D eigenvalue weighted by Gasteiger charge is -2.10. The second-order valence-corrected chi connectivity index (χ2v) is 7.68. The smallest absolute Gasteiger partial charge is 0.365 e. The molecule has 158 valence electrons. The number of nitrogens with two attached hydrogens (primary N) is 1. The molecule has 2 heterocycles. The van der Waals surface area contributed by atoms with Crippen LogP contribution in [0, 0.1) is 0 Å². The van der Waals surface area contributed by atoms with Gasteiger partial charge in [-0.25, -0.2) is 13.4 Å². The van der Waals surface area contributed by atoms with E-state index in [0.717, 1.165) is 0 Å². The van der Waals surface area contributed by atoms with E-state index in [1.807, 2.05) is 4.72 Å². The maximum Gasteiger partial charge on any atom is 0.404 e. The molecule has 3 rings (SSSR count). The molecule has 0 spiro atoms. The quantitative estimate of drug-likeness (QED) is 0.437. The number of benzene rings is 1. The van der Waals surface area contributed by atoms with Gasteiger partial charge < -0.3 is 11.1 Å². The van der Waals surface area contributed by atoms with E-state index in [1.54, 1.807) is 0 Å². The van der Waals surface area contributed by atoms with Gasteiger partial charge in [-0.2, -0.15) is 18.3 Å². The van der Waals surface area contributed by atoms with Crippen molar-refractivity contribution in [2.45, 2.75) is 6.18 Å². The molecule has 0 unspecified atom stereocenters. The number of anilines is 3. The Morgan fingerprint density at radius 3 is 2.43 bits per heavy atom. The van der Waals surface area contributed by atoms with Crippen LogP contribution in [0.2, 0.25) is 0 Å². The van der Waals surface area contributed by atoms with Gasteiger partial charge in [0.2, 0.25) is 10.0 Å². The number of aromatic nitrogens is 4. The summed E-state index contributed by atoms with van der Waals surface area (Å²) in [4.78, 5) is 19.8. The summed E-state index contributed by atoms with van der Waals surface area (Å²) < 4.78 is 61.9. The molecular formula is C16H14F3N7O3S. The summed E-state index contributed by atoms with van der Waals surface area (Å²) in [5.41, 5.74) is 5.89. The average Bonchev–Trinajstić information content (AvgIpc) is 3.04. The number of amides is 1. The molecule has 0 saturated heterocycles. The van der Waals surface area contributed by atoms with Crippen molar-refractivity contribution in [3.8, 4) is 11.3 Å². The first kappa shape index (κ1) is 21.0. The van der Waals surface area contributed by atoms with Gasteiger partial charge in [-0.15, -0.1) is 0 Å². The van der Waals surface area contributed by atoms with Gasteiger partial charge in [0.25, 0.3) is 5.91 Å². The van der Waals surface area contributed by atoms with E-state index in [-0.39, 0.29) is 22.8 Å². The van der Waals surface area contributed by atoms with E-state index in [2.05, 4.69) is 25.5 Å². The van der Waals surface area contributed by atoms with Crippen LogP contribution >= 0.6 is 0 Å². The highest BCUT2D eigenvalue weighted by molar-refractivity contribution is 7.92. The standard InChI is InChI=1S/C16H14F3N7O3S/c17-16(18,19)8-30(28,29)26-10-3-1-9(2-4-10)13-12(14(20)27)15(25-24-13)23-11-7-21-5-6-22-11/h1-7,26H,8H2,(H2,20,27)(H2,22,23,24,25). The molecule has 5 N–H and O–H groups in total. The fourth-order valence-electron chi connectivity index (χ4n) is 2.50. The molecule has 0 radical (unpaired) electrons. The predicted octanol–water partition coefficient (Wildman–Crippen LogP) is 2.01. The summed E-state index contributed by atoms with van der Waals surface area (Å²) in [6.45, 7) is 0. The number of nitrogens with one attached hydrogen (secondary N) is 3. The minimum absolute atomic E-state index is 0.00561. The Bertz CT molecular complexity index is 1150. The number of primary amides is 1. The molecule has 0 aliphatic heterocycles. The van der Waals surface area contributed by atoms with E-state index in [1.165, 1.54) is 42.9 Å². The third-order valence-electron chi connectivity index (χ3n) is 3.61. The van der Waals surface area contributed by atoms with E-state index in [0.29, 0.717) is 11.4 Å². The second-order valence-electron chi connectivity index (χ2n) is 5.96. The Morgan fingerprint density at radius 1 is 1.17 bits per heavy atom. The Hall–Kier alpha value is -3.68. The fraction of sp³-hybridized carbons (Fsp3) is 0.125. The lowest BCUT2D eigenvalue weighted by atomic mass is 10.1. The molecule has 0 aliphatic carbocycles. The molecule has 1 aromatic carbocycles. The normalized spacial score (nSPS) is 11.8. The minimum atomic E-state index is -4.87. The molecule has 1 amide bonds. The molecule has 0 atom stereocenters. The number of hydrogen-bond acceptors (Lipinski definition) is 7. The number of rotatable bonds is 7. The maximum atomic E-state index is 12.3. The molecule has 14 heteroatoms. The van der Waals surface area contributed by atoms with Crippen molar-refractivity contribution in [2.75, 3.05) is 15.8 Å². The Kier molecular flexibility index (Phi) is 5.60. The summed E-state index contributed by atoms with van der Waals surface area (Å²) in [6, 6.07) is 5.22. The third-order valence-corrected chi connectivity index (χ3v) is 4.87. The Morgan fingerprint density at radius 2 is 1.87 bits per heavy atom. The van der Waals surface area contributed by atoms with Crippen LogP contribution in [-0.2, 0) is 10.0 Å². The minimum Gasteiger partial charge on any atom is -0.365 e. The topological polar surface area (TPSA) is 156 Å². The van der Waals surface area contributed by atoms with Gasteiger partial charge >= 0.3 is 6.18 Å². The predicted molar refractivity (Wildman–Crippen MR) is 101 cm³/mol. The number of halogens is 3.